The lowest BCUT2D eigenvalue weighted by Gasteiger charge is -2.15. The minimum atomic E-state index is -0.0206. The third kappa shape index (κ3) is 2.84. The first-order chi connectivity index (χ1) is 11.7. The standard InChI is InChI=1S/C19H24N4O/c1-13-6-8-15(9-7-13)23-17-5-3-2-4-16(17)18(22-23)19(24)21-14-10-11-20-12-14/h6-9,14,20H,2-5,10-12H2,1H3,(H,21,24). The van der Waals surface area contributed by atoms with Gasteiger partial charge in [-0.15, -0.1) is 0 Å². The van der Waals surface area contributed by atoms with E-state index in [0.29, 0.717) is 5.69 Å². The number of amides is 1. The normalized spacial score (nSPS) is 20.0. The molecule has 1 amide bonds. The number of fused-ring (bicyclic) bond motifs is 1. The summed E-state index contributed by atoms with van der Waals surface area (Å²) in [4.78, 5) is 12.8. The summed E-state index contributed by atoms with van der Waals surface area (Å²) in [5, 5.41) is 11.1. The van der Waals surface area contributed by atoms with Crippen LogP contribution in [0.3, 0.4) is 0 Å². The number of nitrogens with zero attached hydrogens (tertiary/aromatic N) is 2. The molecule has 126 valence electrons. The highest BCUT2D eigenvalue weighted by Gasteiger charge is 2.27. The zero-order chi connectivity index (χ0) is 16.5. The number of benzene rings is 1. The van der Waals surface area contributed by atoms with Crippen molar-refractivity contribution in [3.05, 3.63) is 46.8 Å². The first-order valence-corrected chi connectivity index (χ1v) is 8.92. The van der Waals surface area contributed by atoms with Gasteiger partial charge in [0.1, 0.15) is 0 Å². The van der Waals surface area contributed by atoms with Crippen molar-refractivity contribution in [2.75, 3.05) is 13.1 Å². The molecule has 5 nitrogen and oxygen atoms in total. The lowest BCUT2D eigenvalue weighted by atomic mass is 9.95. The Labute approximate surface area is 142 Å². The number of rotatable bonds is 3. The molecule has 24 heavy (non-hydrogen) atoms. The van der Waals surface area contributed by atoms with Crippen molar-refractivity contribution in [3.63, 3.8) is 0 Å². The highest BCUT2D eigenvalue weighted by Crippen LogP contribution is 2.27. The molecule has 1 fully saturated rings. The molecule has 1 aliphatic heterocycles. The van der Waals surface area contributed by atoms with Gasteiger partial charge in [-0.25, -0.2) is 4.68 Å². The summed E-state index contributed by atoms with van der Waals surface area (Å²) in [7, 11) is 0. The minimum absolute atomic E-state index is 0.0206. The molecule has 1 saturated heterocycles. The number of aromatic nitrogens is 2. The maximum Gasteiger partial charge on any atom is 0.272 e. The van der Waals surface area contributed by atoms with Crippen molar-refractivity contribution < 1.29 is 4.79 Å². The smallest absolute Gasteiger partial charge is 0.272 e. The van der Waals surface area contributed by atoms with Gasteiger partial charge in [0.25, 0.3) is 5.91 Å². The van der Waals surface area contributed by atoms with Gasteiger partial charge in [0.2, 0.25) is 0 Å². The van der Waals surface area contributed by atoms with E-state index in [9.17, 15) is 4.79 Å². The maximum atomic E-state index is 12.8. The van der Waals surface area contributed by atoms with Gasteiger partial charge in [0, 0.05) is 23.8 Å². The van der Waals surface area contributed by atoms with Crippen molar-refractivity contribution >= 4 is 5.91 Å². The fourth-order valence-electron chi connectivity index (χ4n) is 3.71. The van der Waals surface area contributed by atoms with Crippen LogP contribution in [0.4, 0.5) is 0 Å². The molecule has 1 unspecified atom stereocenters. The fourth-order valence-corrected chi connectivity index (χ4v) is 3.71. The quantitative estimate of drug-likeness (QED) is 0.909. The van der Waals surface area contributed by atoms with E-state index in [1.165, 1.54) is 11.3 Å². The molecule has 0 bridgehead atoms. The van der Waals surface area contributed by atoms with E-state index in [0.717, 1.165) is 56.4 Å². The summed E-state index contributed by atoms with van der Waals surface area (Å²) in [6.45, 7) is 3.91. The lowest BCUT2D eigenvalue weighted by Crippen LogP contribution is -2.37. The lowest BCUT2D eigenvalue weighted by molar-refractivity contribution is 0.0933. The van der Waals surface area contributed by atoms with Crippen molar-refractivity contribution in [1.82, 2.24) is 20.4 Å². The van der Waals surface area contributed by atoms with E-state index in [1.54, 1.807) is 0 Å². The molecule has 2 N–H and O–H groups in total. The monoisotopic (exact) mass is 324 g/mol. The molecule has 1 atom stereocenters. The summed E-state index contributed by atoms with van der Waals surface area (Å²) in [5.74, 6) is -0.0206. The molecular weight excluding hydrogens is 300 g/mol. The van der Waals surface area contributed by atoms with Crippen LogP contribution in [0.5, 0.6) is 0 Å². The zero-order valence-corrected chi connectivity index (χ0v) is 14.1. The van der Waals surface area contributed by atoms with Gasteiger partial charge in [-0.05, 0) is 57.7 Å². The van der Waals surface area contributed by atoms with Crippen LogP contribution in [0, 0.1) is 6.92 Å². The number of nitrogens with one attached hydrogen (secondary N) is 2. The Morgan fingerprint density at radius 1 is 1.25 bits per heavy atom. The average Bonchev–Trinajstić information content (AvgIpc) is 3.23. The summed E-state index contributed by atoms with van der Waals surface area (Å²) >= 11 is 0. The molecule has 0 spiro atoms. The summed E-state index contributed by atoms with van der Waals surface area (Å²) < 4.78 is 1.98. The first-order valence-electron chi connectivity index (χ1n) is 8.92. The molecule has 0 radical (unpaired) electrons. The third-order valence-electron chi connectivity index (χ3n) is 5.07. The molecule has 1 aliphatic carbocycles. The van der Waals surface area contributed by atoms with E-state index in [2.05, 4.69) is 41.8 Å². The second-order valence-corrected chi connectivity index (χ2v) is 6.89. The van der Waals surface area contributed by atoms with Crippen LogP contribution in [0.25, 0.3) is 5.69 Å². The summed E-state index contributed by atoms with van der Waals surface area (Å²) in [6, 6.07) is 8.58. The van der Waals surface area contributed by atoms with Crippen LogP contribution in [0.15, 0.2) is 24.3 Å². The van der Waals surface area contributed by atoms with Crippen LogP contribution in [-0.2, 0) is 12.8 Å². The largest absolute Gasteiger partial charge is 0.347 e. The molecule has 2 heterocycles. The minimum Gasteiger partial charge on any atom is -0.347 e. The number of hydrogen-bond acceptors (Lipinski definition) is 3. The van der Waals surface area contributed by atoms with Crippen LogP contribution < -0.4 is 10.6 Å². The Balaban J connectivity index is 1.69. The Bertz CT molecular complexity index is 741. The highest BCUT2D eigenvalue weighted by molar-refractivity contribution is 5.94. The van der Waals surface area contributed by atoms with Gasteiger partial charge in [0.05, 0.1) is 5.69 Å². The molecule has 1 aromatic heterocycles. The molecule has 2 aliphatic rings. The predicted octanol–water partition coefficient (Wildman–Crippen LogP) is 2.15. The number of hydrogen-bond donors (Lipinski definition) is 2. The van der Waals surface area contributed by atoms with Gasteiger partial charge in [-0.2, -0.15) is 5.10 Å². The van der Waals surface area contributed by atoms with E-state index >= 15 is 0 Å². The second kappa shape index (κ2) is 6.40. The van der Waals surface area contributed by atoms with Gasteiger partial charge in [-0.1, -0.05) is 17.7 Å². The van der Waals surface area contributed by atoms with Crippen LogP contribution in [-0.4, -0.2) is 34.8 Å². The predicted molar refractivity (Wildman–Crippen MR) is 93.7 cm³/mol. The van der Waals surface area contributed by atoms with Crippen molar-refractivity contribution in [2.24, 2.45) is 0 Å². The fraction of sp³-hybridized carbons (Fsp3) is 0.474. The topological polar surface area (TPSA) is 59.0 Å². The Morgan fingerprint density at radius 3 is 2.79 bits per heavy atom. The van der Waals surface area contributed by atoms with E-state index in [4.69, 9.17) is 5.10 Å². The van der Waals surface area contributed by atoms with Gasteiger partial charge >= 0.3 is 0 Å². The molecule has 4 rings (SSSR count). The molecule has 2 aromatic rings. The summed E-state index contributed by atoms with van der Waals surface area (Å²) in [5.41, 5.74) is 5.24. The van der Waals surface area contributed by atoms with E-state index in [1.807, 2.05) is 4.68 Å². The molecule has 0 saturated carbocycles. The van der Waals surface area contributed by atoms with Crippen LogP contribution in [0.1, 0.15) is 46.6 Å². The van der Waals surface area contributed by atoms with Gasteiger partial charge in [0.15, 0.2) is 5.69 Å². The zero-order valence-electron chi connectivity index (χ0n) is 14.1. The van der Waals surface area contributed by atoms with Crippen LogP contribution >= 0.6 is 0 Å². The molecule has 1 aromatic carbocycles. The summed E-state index contributed by atoms with van der Waals surface area (Å²) in [6.07, 6.45) is 5.24. The highest BCUT2D eigenvalue weighted by atomic mass is 16.2. The Kier molecular flexibility index (Phi) is 4.10. The van der Waals surface area contributed by atoms with Crippen molar-refractivity contribution in [1.29, 1.82) is 0 Å². The SMILES string of the molecule is Cc1ccc(-n2nc(C(=O)NC3CCNC3)c3c2CCCC3)cc1. The van der Waals surface area contributed by atoms with Crippen LogP contribution in [0.2, 0.25) is 0 Å². The maximum absolute atomic E-state index is 12.8. The van der Waals surface area contributed by atoms with E-state index in [-0.39, 0.29) is 11.9 Å². The second-order valence-electron chi connectivity index (χ2n) is 6.89. The number of carbonyl (C=O) groups is 1. The molecule has 5 heteroatoms. The van der Waals surface area contributed by atoms with Crippen molar-refractivity contribution in [3.8, 4) is 5.69 Å². The third-order valence-corrected chi connectivity index (χ3v) is 5.07. The Hall–Kier alpha value is -2.14. The molecular formula is C19H24N4O. The number of carbonyl (C=O) groups excluding carboxylic acids is 1. The first kappa shape index (κ1) is 15.4. The number of aryl methyl sites for hydroxylation is 1. The van der Waals surface area contributed by atoms with E-state index < -0.39 is 0 Å². The average molecular weight is 324 g/mol. The Morgan fingerprint density at radius 2 is 2.04 bits per heavy atom. The van der Waals surface area contributed by atoms with Crippen molar-refractivity contribution in [2.45, 2.75) is 45.1 Å². The van der Waals surface area contributed by atoms with Gasteiger partial charge < -0.3 is 10.6 Å². The van der Waals surface area contributed by atoms with Gasteiger partial charge in [-0.3, -0.25) is 4.79 Å².